The molecule has 3 aromatic rings. The predicted octanol–water partition coefficient (Wildman–Crippen LogP) is 3.13. The number of anilines is 1. The number of aryl methyl sites for hydroxylation is 1. The third kappa shape index (κ3) is 3.31. The lowest BCUT2D eigenvalue weighted by atomic mass is 10.1. The highest BCUT2D eigenvalue weighted by atomic mass is 32.2. The van der Waals surface area contributed by atoms with Gasteiger partial charge in [0.1, 0.15) is 0 Å². The lowest BCUT2D eigenvalue weighted by Gasteiger charge is -2.34. The van der Waals surface area contributed by atoms with Gasteiger partial charge in [0.25, 0.3) is 0 Å². The fourth-order valence-corrected chi connectivity index (χ4v) is 5.04. The van der Waals surface area contributed by atoms with Gasteiger partial charge in [0, 0.05) is 37.8 Å². The largest absolute Gasteiger partial charge is 0.367 e. The molecule has 0 atom stereocenters. The third-order valence-corrected chi connectivity index (χ3v) is 7.08. The number of pyridine rings is 1. The second-order valence-electron chi connectivity index (χ2n) is 7.08. The highest BCUT2D eigenvalue weighted by molar-refractivity contribution is 7.91. The van der Waals surface area contributed by atoms with E-state index >= 15 is 0 Å². The summed E-state index contributed by atoms with van der Waals surface area (Å²) in [6, 6.07) is 14.8. The highest BCUT2D eigenvalue weighted by Gasteiger charge is 2.22. The molecule has 1 saturated heterocycles. The van der Waals surface area contributed by atoms with Crippen molar-refractivity contribution >= 4 is 26.4 Å². The average Bonchev–Trinajstić information content (AvgIpc) is 2.68. The van der Waals surface area contributed by atoms with E-state index in [0.717, 1.165) is 48.3 Å². The normalized spacial score (nSPS) is 16.0. The number of sulfone groups is 1. The van der Waals surface area contributed by atoms with Crippen LogP contribution in [0, 0.1) is 6.92 Å². The molecule has 0 unspecified atom stereocenters. The van der Waals surface area contributed by atoms with Crippen molar-refractivity contribution in [2.24, 2.45) is 0 Å². The maximum atomic E-state index is 13.1. The minimum absolute atomic E-state index is 0.236. The number of nitrogens with zero attached hydrogens (tertiary/aromatic N) is 3. The molecule has 1 fully saturated rings. The highest BCUT2D eigenvalue weighted by Crippen LogP contribution is 2.30. The van der Waals surface area contributed by atoms with Gasteiger partial charge in [0.05, 0.1) is 21.0 Å². The topological polar surface area (TPSA) is 53.5 Å². The number of benzene rings is 2. The first-order valence-electron chi connectivity index (χ1n) is 9.10. The van der Waals surface area contributed by atoms with Crippen LogP contribution in [-0.2, 0) is 9.84 Å². The van der Waals surface area contributed by atoms with E-state index < -0.39 is 9.84 Å². The molecule has 27 heavy (non-hydrogen) atoms. The van der Waals surface area contributed by atoms with Crippen LogP contribution >= 0.6 is 0 Å². The van der Waals surface area contributed by atoms with E-state index in [2.05, 4.69) is 27.9 Å². The van der Waals surface area contributed by atoms with E-state index in [1.54, 1.807) is 18.2 Å². The lowest BCUT2D eigenvalue weighted by molar-refractivity contribution is 0.313. The Balaban J connectivity index is 1.77. The zero-order valence-electron chi connectivity index (χ0n) is 15.6. The van der Waals surface area contributed by atoms with Crippen molar-refractivity contribution in [3.63, 3.8) is 0 Å². The maximum absolute atomic E-state index is 13.1. The lowest BCUT2D eigenvalue weighted by Crippen LogP contribution is -2.44. The standard InChI is InChI=1S/C21H23N3O2S/c1-16-6-3-4-9-20(16)27(25,26)18-14-17-7-5-8-19(21(17)22-15-18)24-12-10-23(2)11-13-24/h3-9,14-15H,10-13H2,1-2H3. The van der Waals surface area contributed by atoms with Crippen LogP contribution in [0.4, 0.5) is 5.69 Å². The van der Waals surface area contributed by atoms with E-state index in [4.69, 9.17) is 0 Å². The fraction of sp³-hybridized carbons (Fsp3) is 0.286. The molecule has 1 aliphatic rings. The number of hydrogen-bond acceptors (Lipinski definition) is 5. The monoisotopic (exact) mass is 381 g/mol. The Morgan fingerprint density at radius 3 is 2.44 bits per heavy atom. The van der Waals surface area contributed by atoms with Crippen molar-refractivity contribution in [2.45, 2.75) is 16.7 Å². The van der Waals surface area contributed by atoms with Crippen molar-refractivity contribution < 1.29 is 8.42 Å². The van der Waals surface area contributed by atoms with E-state index in [1.807, 2.05) is 31.2 Å². The molecule has 6 heteroatoms. The SMILES string of the molecule is Cc1ccccc1S(=O)(=O)c1cnc2c(N3CCN(C)CC3)cccc2c1. The molecule has 2 heterocycles. The summed E-state index contributed by atoms with van der Waals surface area (Å²) in [6.45, 7) is 5.72. The predicted molar refractivity (Wildman–Crippen MR) is 108 cm³/mol. The van der Waals surface area contributed by atoms with Gasteiger partial charge in [-0.25, -0.2) is 8.42 Å². The van der Waals surface area contributed by atoms with Crippen LogP contribution in [-0.4, -0.2) is 51.5 Å². The van der Waals surface area contributed by atoms with Gasteiger partial charge in [-0.1, -0.05) is 30.3 Å². The van der Waals surface area contributed by atoms with E-state index in [1.165, 1.54) is 6.20 Å². The van der Waals surface area contributed by atoms with Gasteiger partial charge in [-0.3, -0.25) is 4.98 Å². The van der Waals surface area contributed by atoms with Gasteiger partial charge in [-0.15, -0.1) is 0 Å². The van der Waals surface area contributed by atoms with Crippen molar-refractivity contribution in [1.29, 1.82) is 0 Å². The second-order valence-corrected chi connectivity index (χ2v) is 9.00. The number of fused-ring (bicyclic) bond motifs is 1. The Morgan fingerprint density at radius 1 is 0.963 bits per heavy atom. The second kappa shape index (κ2) is 6.94. The van der Waals surface area contributed by atoms with Gasteiger partial charge in [0.15, 0.2) is 0 Å². The number of likely N-dealkylation sites (N-methyl/N-ethyl adjacent to an activating group) is 1. The molecular formula is C21H23N3O2S. The summed E-state index contributed by atoms with van der Waals surface area (Å²) in [5.41, 5.74) is 2.66. The molecule has 1 aromatic heterocycles. The van der Waals surface area contributed by atoms with Crippen LogP contribution in [0.25, 0.3) is 10.9 Å². The summed E-state index contributed by atoms with van der Waals surface area (Å²) in [6.07, 6.45) is 1.49. The summed E-state index contributed by atoms with van der Waals surface area (Å²) in [5.74, 6) is 0. The average molecular weight is 382 g/mol. The molecule has 5 nitrogen and oxygen atoms in total. The van der Waals surface area contributed by atoms with Gasteiger partial charge >= 0.3 is 0 Å². The molecule has 2 aromatic carbocycles. The van der Waals surface area contributed by atoms with Crippen LogP contribution < -0.4 is 4.90 Å². The van der Waals surface area contributed by atoms with Gasteiger partial charge in [0.2, 0.25) is 9.84 Å². The third-order valence-electron chi connectivity index (χ3n) is 5.20. The number of para-hydroxylation sites is 1. The Bertz CT molecular complexity index is 1090. The van der Waals surface area contributed by atoms with E-state index in [0.29, 0.717) is 4.90 Å². The quantitative estimate of drug-likeness (QED) is 0.698. The molecule has 0 spiro atoms. The first-order valence-corrected chi connectivity index (χ1v) is 10.6. The first kappa shape index (κ1) is 17.9. The Kier molecular flexibility index (Phi) is 4.61. The molecular weight excluding hydrogens is 358 g/mol. The molecule has 4 rings (SSSR count). The first-order chi connectivity index (χ1) is 13.0. The fourth-order valence-electron chi connectivity index (χ4n) is 3.56. The Morgan fingerprint density at radius 2 is 1.70 bits per heavy atom. The van der Waals surface area contributed by atoms with Gasteiger partial charge < -0.3 is 9.80 Å². The molecule has 1 aliphatic heterocycles. The van der Waals surface area contributed by atoms with Crippen LogP contribution in [0.1, 0.15) is 5.56 Å². The zero-order valence-corrected chi connectivity index (χ0v) is 16.4. The summed E-state index contributed by atoms with van der Waals surface area (Å²) < 4.78 is 26.1. The zero-order chi connectivity index (χ0) is 19.0. The summed E-state index contributed by atoms with van der Waals surface area (Å²) >= 11 is 0. The molecule has 0 bridgehead atoms. The van der Waals surface area contributed by atoms with Crippen LogP contribution in [0.15, 0.2) is 64.5 Å². The smallest absolute Gasteiger partial charge is 0.208 e. The van der Waals surface area contributed by atoms with E-state index in [9.17, 15) is 8.42 Å². The van der Waals surface area contributed by atoms with Crippen molar-refractivity contribution in [2.75, 3.05) is 38.1 Å². The van der Waals surface area contributed by atoms with Gasteiger partial charge in [-0.05, 0) is 37.7 Å². The minimum atomic E-state index is -3.59. The van der Waals surface area contributed by atoms with Crippen LogP contribution in [0.2, 0.25) is 0 Å². The molecule has 0 amide bonds. The summed E-state index contributed by atoms with van der Waals surface area (Å²) in [5, 5.41) is 0.848. The van der Waals surface area contributed by atoms with Crippen molar-refractivity contribution in [3.05, 3.63) is 60.3 Å². The number of aromatic nitrogens is 1. The van der Waals surface area contributed by atoms with Gasteiger partial charge in [-0.2, -0.15) is 0 Å². The molecule has 0 saturated carbocycles. The minimum Gasteiger partial charge on any atom is -0.367 e. The summed E-state index contributed by atoms with van der Waals surface area (Å²) in [7, 11) is -1.46. The molecule has 0 radical (unpaired) electrons. The maximum Gasteiger partial charge on any atom is 0.208 e. The summed E-state index contributed by atoms with van der Waals surface area (Å²) in [4.78, 5) is 9.76. The number of hydrogen-bond donors (Lipinski definition) is 0. The molecule has 140 valence electrons. The molecule has 0 aliphatic carbocycles. The number of piperazine rings is 1. The molecule has 0 N–H and O–H groups in total. The van der Waals surface area contributed by atoms with Crippen LogP contribution in [0.3, 0.4) is 0 Å². The van der Waals surface area contributed by atoms with E-state index in [-0.39, 0.29) is 4.90 Å². The Hall–Kier alpha value is -2.44. The van der Waals surface area contributed by atoms with Crippen molar-refractivity contribution in [1.82, 2.24) is 9.88 Å². The van der Waals surface area contributed by atoms with Crippen molar-refractivity contribution in [3.8, 4) is 0 Å². The van der Waals surface area contributed by atoms with Crippen LogP contribution in [0.5, 0.6) is 0 Å². The Labute approximate surface area is 160 Å². The number of rotatable bonds is 3.